The number of amides is 1. The first-order valence-corrected chi connectivity index (χ1v) is 7.56. The summed E-state index contributed by atoms with van der Waals surface area (Å²) in [5.74, 6) is -0.00631. The van der Waals surface area contributed by atoms with Crippen LogP contribution in [0.15, 0.2) is 36.5 Å². The first-order valence-electron chi connectivity index (χ1n) is 7.56. The van der Waals surface area contributed by atoms with Crippen molar-refractivity contribution < 1.29 is 4.79 Å². The van der Waals surface area contributed by atoms with Crippen molar-refractivity contribution in [3.63, 3.8) is 0 Å². The highest BCUT2D eigenvalue weighted by molar-refractivity contribution is 5.82. The summed E-state index contributed by atoms with van der Waals surface area (Å²) in [6.45, 7) is 3.10. The highest BCUT2D eigenvalue weighted by Crippen LogP contribution is 2.16. The molecule has 2 aromatic rings. The molecule has 1 heterocycles. The molecule has 0 spiro atoms. The summed E-state index contributed by atoms with van der Waals surface area (Å²) < 4.78 is 0. The van der Waals surface area contributed by atoms with Crippen LogP contribution in [0.1, 0.15) is 25.3 Å². The lowest BCUT2D eigenvalue weighted by Gasteiger charge is -2.14. The monoisotopic (exact) mass is 285 g/mol. The number of carbonyl (C=O) groups is 1. The number of para-hydroxylation sites is 1. The van der Waals surface area contributed by atoms with Crippen LogP contribution in [0.25, 0.3) is 10.9 Å². The number of nitrogens with two attached hydrogens (primary N) is 1. The number of rotatable bonds is 7. The molecule has 1 unspecified atom stereocenters. The first kappa shape index (κ1) is 15.4. The minimum Gasteiger partial charge on any atom is -0.355 e. The second-order valence-corrected chi connectivity index (χ2v) is 5.25. The van der Waals surface area contributed by atoms with Crippen LogP contribution >= 0.6 is 0 Å². The number of hydrogen-bond acceptors (Lipinski definition) is 3. The van der Waals surface area contributed by atoms with Crippen LogP contribution in [0.5, 0.6) is 0 Å². The minimum atomic E-state index is -0.0688. The Balaban J connectivity index is 1.95. The molecule has 4 heteroatoms. The Kier molecular flexibility index (Phi) is 5.69. The van der Waals surface area contributed by atoms with Crippen LogP contribution in [0.2, 0.25) is 0 Å². The lowest BCUT2D eigenvalue weighted by Crippen LogP contribution is -2.36. The van der Waals surface area contributed by atoms with Crippen molar-refractivity contribution in [2.24, 2.45) is 11.7 Å². The van der Waals surface area contributed by atoms with Gasteiger partial charge in [0.1, 0.15) is 0 Å². The summed E-state index contributed by atoms with van der Waals surface area (Å²) in [4.78, 5) is 16.4. The minimum absolute atomic E-state index is 0.0625. The number of aromatic nitrogens is 1. The molecular formula is C17H23N3O. The fourth-order valence-electron chi connectivity index (χ4n) is 2.54. The molecule has 0 aliphatic carbocycles. The van der Waals surface area contributed by atoms with Crippen LogP contribution in [0.4, 0.5) is 0 Å². The second-order valence-electron chi connectivity index (χ2n) is 5.25. The number of carbonyl (C=O) groups excluding carboxylic acids is 1. The van der Waals surface area contributed by atoms with E-state index >= 15 is 0 Å². The van der Waals surface area contributed by atoms with Gasteiger partial charge in [0.15, 0.2) is 0 Å². The summed E-state index contributed by atoms with van der Waals surface area (Å²) in [7, 11) is 0. The molecular weight excluding hydrogens is 262 g/mol. The molecule has 0 saturated carbocycles. The van der Waals surface area contributed by atoms with Crippen LogP contribution < -0.4 is 11.1 Å². The molecule has 0 fully saturated rings. The molecule has 0 aliphatic heterocycles. The average molecular weight is 285 g/mol. The Morgan fingerprint density at radius 2 is 2.14 bits per heavy atom. The third-order valence-corrected chi connectivity index (χ3v) is 3.70. The molecule has 0 bridgehead atoms. The Labute approximate surface area is 125 Å². The molecule has 1 aromatic carbocycles. The molecule has 0 aliphatic rings. The topological polar surface area (TPSA) is 68.0 Å². The van der Waals surface area contributed by atoms with E-state index in [2.05, 4.69) is 35.4 Å². The third kappa shape index (κ3) is 4.02. The number of benzene rings is 1. The van der Waals surface area contributed by atoms with E-state index in [-0.39, 0.29) is 11.8 Å². The normalized spacial score (nSPS) is 12.3. The molecule has 1 amide bonds. The van der Waals surface area contributed by atoms with Crippen molar-refractivity contribution in [1.29, 1.82) is 0 Å². The van der Waals surface area contributed by atoms with Crippen molar-refractivity contribution >= 4 is 16.8 Å². The van der Waals surface area contributed by atoms with Gasteiger partial charge in [-0.05, 0) is 24.5 Å². The lowest BCUT2D eigenvalue weighted by molar-refractivity contribution is -0.124. The van der Waals surface area contributed by atoms with Gasteiger partial charge in [0.2, 0.25) is 5.91 Å². The molecule has 0 saturated heterocycles. The second kappa shape index (κ2) is 7.74. The molecule has 112 valence electrons. The van der Waals surface area contributed by atoms with Crippen LogP contribution in [0, 0.1) is 5.92 Å². The standard InChI is InChI=1S/C17H23N3O/c1-2-5-15(12-18)17(21)20-11-9-14-7-3-6-13-8-4-10-19-16(13)14/h3-4,6-8,10,15H,2,5,9,11-12,18H2,1H3,(H,20,21). The maximum Gasteiger partial charge on any atom is 0.224 e. The summed E-state index contributed by atoms with van der Waals surface area (Å²) in [6, 6.07) is 10.1. The number of nitrogens with one attached hydrogen (secondary N) is 1. The number of pyridine rings is 1. The van der Waals surface area contributed by atoms with Crippen LogP contribution in [0.3, 0.4) is 0 Å². The van der Waals surface area contributed by atoms with Gasteiger partial charge in [0, 0.05) is 24.7 Å². The number of hydrogen-bond donors (Lipinski definition) is 2. The first-order chi connectivity index (χ1) is 10.3. The zero-order valence-electron chi connectivity index (χ0n) is 12.5. The van der Waals surface area contributed by atoms with E-state index in [0.29, 0.717) is 13.1 Å². The van der Waals surface area contributed by atoms with Crippen molar-refractivity contribution in [3.05, 3.63) is 42.1 Å². The smallest absolute Gasteiger partial charge is 0.224 e. The Hall–Kier alpha value is -1.94. The van der Waals surface area contributed by atoms with Crippen LogP contribution in [-0.2, 0) is 11.2 Å². The highest BCUT2D eigenvalue weighted by Gasteiger charge is 2.14. The zero-order valence-corrected chi connectivity index (χ0v) is 12.5. The SMILES string of the molecule is CCCC(CN)C(=O)NCCc1cccc2cccnc12. The van der Waals surface area contributed by atoms with E-state index in [1.165, 1.54) is 0 Å². The molecule has 0 radical (unpaired) electrons. The number of nitrogens with zero attached hydrogens (tertiary/aromatic N) is 1. The molecule has 3 N–H and O–H groups in total. The van der Waals surface area contributed by atoms with E-state index in [1.807, 2.05) is 12.1 Å². The van der Waals surface area contributed by atoms with Crippen molar-refractivity contribution in [2.75, 3.05) is 13.1 Å². The Bertz CT molecular complexity index is 592. The summed E-state index contributed by atoms with van der Waals surface area (Å²) in [6.07, 6.45) is 4.40. The molecule has 1 atom stereocenters. The lowest BCUT2D eigenvalue weighted by atomic mass is 10.0. The van der Waals surface area contributed by atoms with E-state index in [9.17, 15) is 4.79 Å². The van der Waals surface area contributed by atoms with Crippen LogP contribution in [-0.4, -0.2) is 24.0 Å². The molecule has 2 rings (SSSR count). The summed E-state index contributed by atoms with van der Waals surface area (Å²) in [5.41, 5.74) is 7.82. The third-order valence-electron chi connectivity index (χ3n) is 3.70. The average Bonchev–Trinajstić information content (AvgIpc) is 2.52. The number of fused-ring (bicyclic) bond motifs is 1. The van der Waals surface area contributed by atoms with Gasteiger partial charge in [-0.2, -0.15) is 0 Å². The van der Waals surface area contributed by atoms with E-state index < -0.39 is 0 Å². The van der Waals surface area contributed by atoms with Gasteiger partial charge in [-0.15, -0.1) is 0 Å². The fourth-order valence-corrected chi connectivity index (χ4v) is 2.54. The predicted octanol–water partition coefficient (Wildman–Crippen LogP) is 2.27. The Morgan fingerprint density at radius 1 is 1.33 bits per heavy atom. The van der Waals surface area contributed by atoms with Gasteiger partial charge in [-0.1, -0.05) is 37.6 Å². The van der Waals surface area contributed by atoms with Crippen molar-refractivity contribution in [1.82, 2.24) is 10.3 Å². The van der Waals surface area contributed by atoms with Gasteiger partial charge in [-0.25, -0.2) is 0 Å². The molecule has 21 heavy (non-hydrogen) atoms. The fraction of sp³-hybridized carbons (Fsp3) is 0.412. The zero-order chi connectivity index (χ0) is 15.1. The van der Waals surface area contributed by atoms with Gasteiger partial charge in [0.25, 0.3) is 0 Å². The van der Waals surface area contributed by atoms with Crippen molar-refractivity contribution in [2.45, 2.75) is 26.2 Å². The van der Waals surface area contributed by atoms with E-state index in [0.717, 1.165) is 35.7 Å². The van der Waals surface area contributed by atoms with Gasteiger partial charge in [-0.3, -0.25) is 9.78 Å². The summed E-state index contributed by atoms with van der Waals surface area (Å²) >= 11 is 0. The quantitative estimate of drug-likeness (QED) is 0.820. The maximum atomic E-state index is 12.0. The Morgan fingerprint density at radius 3 is 2.90 bits per heavy atom. The molecule has 4 nitrogen and oxygen atoms in total. The summed E-state index contributed by atoms with van der Waals surface area (Å²) in [5, 5.41) is 4.12. The van der Waals surface area contributed by atoms with Crippen molar-refractivity contribution in [3.8, 4) is 0 Å². The highest BCUT2D eigenvalue weighted by atomic mass is 16.1. The van der Waals surface area contributed by atoms with Gasteiger partial charge >= 0.3 is 0 Å². The molecule has 1 aromatic heterocycles. The maximum absolute atomic E-state index is 12.0. The van der Waals surface area contributed by atoms with Gasteiger partial charge in [0.05, 0.1) is 11.4 Å². The van der Waals surface area contributed by atoms with Gasteiger partial charge < -0.3 is 11.1 Å². The predicted molar refractivity (Wildman–Crippen MR) is 85.9 cm³/mol. The van der Waals surface area contributed by atoms with E-state index in [4.69, 9.17) is 5.73 Å². The van der Waals surface area contributed by atoms with E-state index in [1.54, 1.807) is 6.20 Å². The largest absolute Gasteiger partial charge is 0.355 e.